The van der Waals surface area contributed by atoms with Crippen LogP contribution in [0.2, 0.25) is 10.0 Å². The van der Waals surface area contributed by atoms with Crippen LogP contribution in [0, 0.1) is 0 Å². The lowest BCUT2D eigenvalue weighted by Gasteiger charge is -2.41. The number of aliphatic carboxylic acids is 2. The van der Waals surface area contributed by atoms with Crippen molar-refractivity contribution in [1.29, 1.82) is 0 Å². The van der Waals surface area contributed by atoms with Gasteiger partial charge in [-0.15, -0.1) is 0 Å². The molecule has 12 nitrogen and oxygen atoms in total. The highest BCUT2D eigenvalue weighted by Gasteiger charge is 2.40. The first-order valence-electron chi connectivity index (χ1n) is 11.5. The average molecular weight is 651 g/mol. The summed E-state index contributed by atoms with van der Waals surface area (Å²) in [6.45, 7) is 0. The Balaban J connectivity index is 2.10. The molecule has 0 spiro atoms. The van der Waals surface area contributed by atoms with E-state index in [0.29, 0.717) is 0 Å². The summed E-state index contributed by atoms with van der Waals surface area (Å²) in [6.07, 6.45) is 5.68. The van der Waals surface area contributed by atoms with Gasteiger partial charge in [-0.1, -0.05) is 53.5 Å². The molecule has 0 saturated carbocycles. The molecule has 3 aromatic rings. The molecule has 0 aliphatic carbocycles. The SMILES string of the molecule is O=C(O)C1=C(C(=O)O)N2C=CC=CN2c2ccc(-c3cccc(Cl)c3S(=O)(=O)O)c(-c3cccc(Cl)c3S(=O)(=O)O)c21. The highest BCUT2D eigenvalue weighted by atomic mass is 35.5. The number of hydrogen-bond acceptors (Lipinski definition) is 8. The fourth-order valence-electron chi connectivity index (χ4n) is 4.92. The molecule has 2 aliphatic rings. The van der Waals surface area contributed by atoms with Crippen LogP contribution in [-0.4, -0.2) is 53.1 Å². The maximum atomic E-state index is 12.8. The van der Waals surface area contributed by atoms with E-state index in [-0.39, 0.29) is 27.9 Å². The van der Waals surface area contributed by atoms with Crippen molar-refractivity contribution in [1.82, 2.24) is 5.01 Å². The van der Waals surface area contributed by atoms with E-state index in [0.717, 1.165) is 11.1 Å². The maximum absolute atomic E-state index is 12.8. The molecule has 16 heteroatoms. The zero-order chi connectivity index (χ0) is 30.7. The number of hydrazine groups is 1. The first-order valence-corrected chi connectivity index (χ1v) is 15.1. The number of carboxylic acid groups (broad SMARTS) is 2. The molecule has 0 unspecified atom stereocenters. The fourth-order valence-corrected chi connectivity index (χ4v) is 7.39. The molecule has 0 amide bonds. The third kappa shape index (κ3) is 4.73. The number of benzene rings is 3. The number of rotatable bonds is 6. The molecule has 5 rings (SSSR count). The van der Waals surface area contributed by atoms with E-state index >= 15 is 0 Å². The number of nitrogens with zero attached hydrogens (tertiary/aromatic N) is 2. The zero-order valence-electron chi connectivity index (χ0n) is 20.6. The Morgan fingerprint density at radius 3 is 1.69 bits per heavy atom. The smallest absolute Gasteiger partial charge is 0.355 e. The second kappa shape index (κ2) is 10.3. The highest BCUT2D eigenvalue weighted by Crippen LogP contribution is 2.51. The van der Waals surface area contributed by atoms with Crippen molar-refractivity contribution >= 4 is 66.6 Å². The zero-order valence-corrected chi connectivity index (χ0v) is 23.8. The molecular weight excluding hydrogens is 635 g/mol. The molecule has 42 heavy (non-hydrogen) atoms. The third-order valence-corrected chi connectivity index (χ3v) is 9.14. The molecule has 2 aliphatic heterocycles. The van der Waals surface area contributed by atoms with Gasteiger partial charge in [0.05, 0.1) is 15.7 Å². The number of anilines is 1. The fraction of sp³-hybridized carbons (Fsp3) is 0. The Morgan fingerprint density at radius 1 is 0.643 bits per heavy atom. The first-order chi connectivity index (χ1) is 19.6. The molecule has 0 atom stereocenters. The van der Waals surface area contributed by atoms with E-state index in [1.165, 1.54) is 72.0 Å². The summed E-state index contributed by atoms with van der Waals surface area (Å²) >= 11 is 12.4. The van der Waals surface area contributed by atoms with Crippen LogP contribution in [0.3, 0.4) is 0 Å². The predicted molar refractivity (Wildman–Crippen MR) is 152 cm³/mol. The van der Waals surface area contributed by atoms with E-state index < -0.39 is 68.8 Å². The summed E-state index contributed by atoms with van der Waals surface area (Å²) in [7, 11) is -10.2. The van der Waals surface area contributed by atoms with Gasteiger partial charge in [-0.05, 0) is 35.9 Å². The minimum atomic E-state index is -5.13. The van der Waals surface area contributed by atoms with Crippen LogP contribution in [0.4, 0.5) is 5.69 Å². The first kappa shape index (κ1) is 29.3. The molecule has 0 saturated heterocycles. The second-order valence-electron chi connectivity index (χ2n) is 8.77. The maximum Gasteiger partial charge on any atom is 0.355 e. The summed E-state index contributed by atoms with van der Waals surface area (Å²) in [6, 6.07) is 9.97. The van der Waals surface area contributed by atoms with Crippen LogP contribution in [0.1, 0.15) is 5.56 Å². The van der Waals surface area contributed by atoms with Crippen LogP contribution in [0.25, 0.3) is 27.8 Å². The van der Waals surface area contributed by atoms with Crippen molar-refractivity contribution in [2.24, 2.45) is 0 Å². The van der Waals surface area contributed by atoms with Gasteiger partial charge in [-0.25, -0.2) is 14.6 Å². The van der Waals surface area contributed by atoms with E-state index in [4.69, 9.17) is 23.2 Å². The Bertz CT molecular complexity index is 2040. The Labute approximate surface area is 248 Å². The van der Waals surface area contributed by atoms with Gasteiger partial charge in [0.2, 0.25) is 0 Å². The Morgan fingerprint density at radius 2 is 1.17 bits per heavy atom. The molecule has 0 fully saturated rings. The van der Waals surface area contributed by atoms with Gasteiger partial charge in [0, 0.05) is 34.7 Å². The number of carboxylic acids is 2. The lowest BCUT2D eigenvalue weighted by molar-refractivity contribution is -0.135. The van der Waals surface area contributed by atoms with Crippen molar-refractivity contribution in [3.63, 3.8) is 0 Å². The number of fused-ring (bicyclic) bond motifs is 3. The van der Waals surface area contributed by atoms with Crippen molar-refractivity contribution in [2.75, 3.05) is 5.01 Å². The lowest BCUT2D eigenvalue weighted by atomic mass is 9.84. The molecule has 0 aromatic heterocycles. The second-order valence-corrected chi connectivity index (χ2v) is 12.3. The molecule has 0 bridgehead atoms. The Hall–Kier alpha value is -4.18. The molecule has 0 radical (unpaired) electrons. The van der Waals surface area contributed by atoms with Crippen molar-refractivity contribution in [3.8, 4) is 22.3 Å². The van der Waals surface area contributed by atoms with Gasteiger partial charge < -0.3 is 10.2 Å². The van der Waals surface area contributed by atoms with E-state index in [1.54, 1.807) is 0 Å². The highest BCUT2D eigenvalue weighted by molar-refractivity contribution is 7.86. The molecule has 2 heterocycles. The largest absolute Gasteiger partial charge is 0.478 e. The Kier molecular flexibility index (Phi) is 7.17. The normalized spacial score (nSPS) is 14.6. The minimum absolute atomic E-state index is 0.0356. The third-order valence-electron chi connectivity index (χ3n) is 6.37. The van der Waals surface area contributed by atoms with Crippen LogP contribution >= 0.6 is 23.2 Å². The van der Waals surface area contributed by atoms with Crippen LogP contribution in [0.5, 0.6) is 0 Å². The van der Waals surface area contributed by atoms with Crippen LogP contribution < -0.4 is 5.01 Å². The topological polar surface area (TPSA) is 190 Å². The van der Waals surface area contributed by atoms with Crippen molar-refractivity contribution in [2.45, 2.75) is 9.79 Å². The molecule has 3 aromatic carbocycles. The summed E-state index contributed by atoms with van der Waals surface area (Å²) < 4.78 is 70.4. The summed E-state index contributed by atoms with van der Waals surface area (Å²) in [5, 5.41) is 22.0. The van der Waals surface area contributed by atoms with Gasteiger partial charge >= 0.3 is 11.9 Å². The average Bonchev–Trinajstić information content (AvgIpc) is 2.89. The van der Waals surface area contributed by atoms with Gasteiger partial charge in [0.25, 0.3) is 20.2 Å². The van der Waals surface area contributed by atoms with Crippen molar-refractivity contribution < 1.29 is 45.7 Å². The van der Waals surface area contributed by atoms with Crippen LogP contribution in [0.15, 0.2) is 88.6 Å². The molecule has 4 N–H and O–H groups in total. The minimum Gasteiger partial charge on any atom is -0.478 e. The number of halogens is 2. The number of allylic oxidation sites excluding steroid dienone is 2. The monoisotopic (exact) mass is 650 g/mol. The van der Waals surface area contributed by atoms with Crippen molar-refractivity contribution in [3.05, 3.63) is 94.4 Å². The summed E-state index contributed by atoms with van der Waals surface area (Å²) in [5.74, 6) is -3.40. The summed E-state index contributed by atoms with van der Waals surface area (Å²) in [5.41, 5.74) is -3.09. The van der Waals surface area contributed by atoms with Gasteiger partial charge in [0.1, 0.15) is 15.4 Å². The molecular formula is C26H16Cl2N2O10S2. The summed E-state index contributed by atoms with van der Waals surface area (Å²) in [4.78, 5) is 23.7. The van der Waals surface area contributed by atoms with E-state index in [1.807, 2.05) is 0 Å². The molecule has 216 valence electrons. The van der Waals surface area contributed by atoms with Crippen LogP contribution in [-0.2, 0) is 29.8 Å². The van der Waals surface area contributed by atoms with Gasteiger partial charge in [-0.3, -0.25) is 14.1 Å². The number of carbonyl (C=O) groups is 2. The standard InChI is InChI=1S/C26H16Cl2N2O10S2/c27-16-7-3-5-14(23(16)41(35,36)37)13-9-10-18-20(19(13)15-6-4-8-17(28)24(15)42(38,39)40)21(25(31)32)22(26(33)34)30-12-2-1-11-29(18)30/h1-12H,(H,31,32)(H,33,34)(H,35,36,37)(H,38,39,40). The number of hydrogen-bond donors (Lipinski definition) is 4. The lowest BCUT2D eigenvalue weighted by Crippen LogP contribution is -2.42. The van der Waals surface area contributed by atoms with E-state index in [2.05, 4.69) is 0 Å². The van der Waals surface area contributed by atoms with Gasteiger partial charge in [-0.2, -0.15) is 16.8 Å². The quantitative estimate of drug-likeness (QED) is 0.267. The van der Waals surface area contributed by atoms with E-state index in [9.17, 15) is 45.7 Å². The van der Waals surface area contributed by atoms with Gasteiger partial charge in [0.15, 0.2) is 5.70 Å². The predicted octanol–water partition coefficient (Wildman–Crippen LogP) is 4.78.